The lowest BCUT2D eigenvalue weighted by Gasteiger charge is -2.26. The van der Waals surface area contributed by atoms with E-state index >= 15 is 0 Å². The fraction of sp³-hybridized carbons (Fsp3) is 0.278. The van der Waals surface area contributed by atoms with Crippen molar-refractivity contribution >= 4 is 34.2 Å². The summed E-state index contributed by atoms with van der Waals surface area (Å²) in [6, 6.07) is 13.6. The van der Waals surface area contributed by atoms with Crippen molar-refractivity contribution in [1.82, 2.24) is 4.90 Å². The highest BCUT2D eigenvalue weighted by molar-refractivity contribution is 9.10. The largest absolute Gasteiger partial charge is 0.368 e. The van der Waals surface area contributed by atoms with Crippen LogP contribution in [0.1, 0.15) is 23.1 Å². The summed E-state index contributed by atoms with van der Waals surface area (Å²) in [5.74, 6) is -0.936. The van der Waals surface area contributed by atoms with E-state index in [-0.39, 0.29) is 29.9 Å². The molecule has 2 aromatic rings. The second-order valence-corrected chi connectivity index (χ2v) is 7.02. The molecule has 7 heteroatoms. The Morgan fingerprint density at radius 1 is 1.20 bits per heavy atom. The number of carbonyl (C=O) groups is 1. The van der Waals surface area contributed by atoms with Crippen molar-refractivity contribution < 1.29 is 9.18 Å². The molecule has 2 aromatic carbocycles. The summed E-state index contributed by atoms with van der Waals surface area (Å²) in [5, 5.41) is 0. The predicted molar refractivity (Wildman–Crippen MR) is 102 cm³/mol. The van der Waals surface area contributed by atoms with Crippen LogP contribution in [0, 0.1) is 5.82 Å². The number of primary amides is 1. The highest BCUT2D eigenvalue weighted by Crippen LogP contribution is 2.34. The monoisotopic (exact) mass is 427 g/mol. The van der Waals surface area contributed by atoms with Crippen molar-refractivity contribution in [2.24, 2.45) is 11.5 Å². The summed E-state index contributed by atoms with van der Waals surface area (Å²) < 4.78 is 15.0. The first-order valence-corrected chi connectivity index (χ1v) is 8.55. The lowest BCUT2D eigenvalue weighted by atomic mass is 9.95. The molecular weight excluding hydrogens is 409 g/mol. The molecule has 25 heavy (non-hydrogen) atoms. The first-order chi connectivity index (χ1) is 11.5. The third-order valence-corrected chi connectivity index (χ3v) is 5.01. The van der Waals surface area contributed by atoms with E-state index in [0.717, 1.165) is 5.56 Å². The second kappa shape index (κ2) is 8.27. The summed E-state index contributed by atoms with van der Waals surface area (Å²) in [7, 11) is 0. The van der Waals surface area contributed by atoms with Crippen LogP contribution in [0.4, 0.5) is 4.39 Å². The predicted octanol–water partition coefficient (Wildman–Crippen LogP) is 2.96. The molecule has 4 N–H and O–H groups in total. The van der Waals surface area contributed by atoms with Crippen molar-refractivity contribution in [3.63, 3.8) is 0 Å². The summed E-state index contributed by atoms with van der Waals surface area (Å²) in [5.41, 5.74) is 13.3. The number of likely N-dealkylation sites (tertiary alicyclic amines) is 1. The van der Waals surface area contributed by atoms with Gasteiger partial charge in [-0.1, -0.05) is 52.3 Å². The molecule has 1 amide bonds. The second-order valence-electron chi connectivity index (χ2n) is 6.11. The fourth-order valence-corrected chi connectivity index (χ4v) is 3.71. The van der Waals surface area contributed by atoms with Crippen LogP contribution in [0.3, 0.4) is 0 Å². The zero-order valence-electron chi connectivity index (χ0n) is 13.4. The molecule has 1 unspecified atom stereocenters. The average molecular weight is 429 g/mol. The molecule has 0 aliphatic carbocycles. The maximum absolute atomic E-state index is 14.3. The Kier molecular flexibility index (Phi) is 6.57. The van der Waals surface area contributed by atoms with Gasteiger partial charge in [-0.3, -0.25) is 9.69 Å². The van der Waals surface area contributed by atoms with Crippen LogP contribution in [-0.2, 0) is 4.79 Å². The Bertz CT molecular complexity index is 746. The highest BCUT2D eigenvalue weighted by atomic mass is 79.9. The molecule has 1 fully saturated rings. The SMILES string of the molecule is Cl.NC(=O)C(c1ccc(Br)cc1F)N1C[C@@H](N)[C@H](c2ccccc2)C1. The Morgan fingerprint density at radius 3 is 2.48 bits per heavy atom. The van der Waals surface area contributed by atoms with Gasteiger partial charge in [-0.05, 0) is 17.7 Å². The van der Waals surface area contributed by atoms with Crippen molar-refractivity contribution in [3.8, 4) is 0 Å². The number of amides is 1. The molecule has 0 radical (unpaired) electrons. The van der Waals surface area contributed by atoms with Crippen molar-refractivity contribution in [2.45, 2.75) is 18.0 Å². The van der Waals surface area contributed by atoms with E-state index in [2.05, 4.69) is 15.9 Å². The summed E-state index contributed by atoms with van der Waals surface area (Å²) in [4.78, 5) is 13.9. The number of rotatable bonds is 4. The van der Waals surface area contributed by atoms with Gasteiger partial charge in [0.05, 0.1) is 0 Å². The van der Waals surface area contributed by atoms with E-state index in [9.17, 15) is 9.18 Å². The minimum absolute atomic E-state index is 0. The van der Waals surface area contributed by atoms with Crippen molar-refractivity contribution in [1.29, 1.82) is 0 Å². The van der Waals surface area contributed by atoms with Crippen LogP contribution in [0.2, 0.25) is 0 Å². The molecule has 3 rings (SSSR count). The van der Waals surface area contributed by atoms with Crippen LogP contribution >= 0.6 is 28.3 Å². The quantitative estimate of drug-likeness (QED) is 0.786. The molecule has 0 saturated carbocycles. The van der Waals surface area contributed by atoms with E-state index in [1.807, 2.05) is 35.2 Å². The number of hydrogen-bond acceptors (Lipinski definition) is 3. The van der Waals surface area contributed by atoms with Crippen LogP contribution in [-0.4, -0.2) is 29.9 Å². The van der Waals surface area contributed by atoms with Crippen LogP contribution in [0.15, 0.2) is 53.0 Å². The number of halogens is 3. The van der Waals surface area contributed by atoms with Gasteiger partial charge in [0.2, 0.25) is 5.91 Å². The maximum Gasteiger partial charge on any atom is 0.239 e. The third-order valence-electron chi connectivity index (χ3n) is 4.51. The number of hydrogen-bond donors (Lipinski definition) is 2. The van der Waals surface area contributed by atoms with Crippen LogP contribution < -0.4 is 11.5 Å². The minimum atomic E-state index is -0.821. The molecule has 4 nitrogen and oxygen atoms in total. The minimum Gasteiger partial charge on any atom is -0.368 e. The fourth-order valence-electron chi connectivity index (χ4n) is 3.38. The van der Waals surface area contributed by atoms with Gasteiger partial charge in [-0.15, -0.1) is 12.4 Å². The van der Waals surface area contributed by atoms with Gasteiger partial charge < -0.3 is 11.5 Å². The van der Waals surface area contributed by atoms with E-state index in [1.54, 1.807) is 12.1 Å². The first-order valence-electron chi connectivity index (χ1n) is 7.76. The molecular formula is C18H20BrClFN3O. The lowest BCUT2D eigenvalue weighted by Crippen LogP contribution is -2.38. The number of nitrogens with two attached hydrogens (primary N) is 2. The van der Waals surface area contributed by atoms with E-state index < -0.39 is 17.8 Å². The first kappa shape index (κ1) is 19.8. The van der Waals surface area contributed by atoms with Gasteiger partial charge in [0.25, 0.3) is 0 Å². The normalized spacial score (nSPS) is 21.6. The van der Waals surface area contributed by atoms with Gasteiger partial charge >= 0.3 is 0 Å². The highest BCUT2D eigenvalue weighted by Gasteiger charge is 2.38. The number of benzene rings is 2. The molecule has 0 spiro atoms. The molecule has 0 bridgehead atoms. The van der Waals surface area contributed by atoms with E-state index in [0.29, 0.717) is 17.6 Å². The molecule has 0 aromatic heterocycles. The third kappa shape index (κ3) is 4.20. The van der Waals surface area contributed by atoms with Crippen LogP contribution in [0.5, 0.6) is 0 Å². The van der Waals surface area contributed by atoms with E-state index in [1.165, 1.54) is 6.07 Å². The Labute approximate surface area is 160 Å². The number of carbonyl (C=O) groups excluding carboxylic acids is 1. The summed E-state index contributed by atoms with van der Waals surface area (Å²) >= 11 is 3.23. The zero-order chi connectivity index (χ0) is 17.3. The Hall–Kier alpha value is -1.47. The average Bonchev–Trinajstić information content (AvgIpc) is 2.92. The zero-order valence-corrected chi connectivity index (χ0v) is 15.8. The molecule has 134 valence electrons. The molecule has 1 saturated heterocycles. The van der Waals surface area contributed by atoms with Gasteiger partial charge in [0.1, 0.15) is 11.9 Å². The van der Waals surface area contributed by atoms with Crippen molar-refractivity contribution in [2.75, 3.05) is 13.1 Å². The van der Waals surface area contributed by atoms with Crippen LogP contribution in [0.25, 0.3) is 0 Å². The van der Waals surface area contributed by atoms with Gasteiger partial charge in [0, 0.05) is 35.1 Å². The Morgan fingerprint density at radius 2 is 1.88 bits per heavy atom. The van der Waals surface area contributed by atoms with Gasteiger partial charge in [-0.2, -0.15) is 0 Å². The van der Waals surface area contributed by atoms with Gasteiger partial charge in [-0.25, -0.2) is 4.39 Å². The summed E-state index contributed by atoms with van der Waals surface area (Å²) in [6.45, 7) is 1.05. The standard InChI is InChI=1S/C18H19BrFN3O.ClH/c19-12-6-7-13(15(20)8-12)17(18(22)24)23-9-14(16(21)10-23)11-4-2-1-3-5-11;/h1-8,14,16-17H,9-10,21H2,(H2,22,24);1H/t14-,16+,17?;/m0./s1. The molecule has 1 heterocycles. The van der Waals surface area contributed by atoms with Crippen molar-refractivity contribution in [3.05, 3.63) is 69.9 Å². The smallest absolute Gasteiger partial charge is 0.239 e. The molecule has 1 aliphatic heterocycles. The van der Waals surface area contributed by atoms with E-state index in [4.69, 9.17) is 11.5 Å². The number of nitrogens with zero attached hydrogens (tertiary/aromatic N) is 1. The Balaban J connectivity index is 0.00000225. The molecule has 1 aliphatic rings. The lowest BCUT2D eigenvalue weighted by molar-refractivity contribution is -0.123. The maximum atomic E-state index is 14.3. The topological polar surface area (TPSA) is 72.4 Å². The van der Waals surface area contributed by atoms with Gasteiger partial charge in [0.15, 0.2) is 0 Å². The summed E-state index contributed by atoms with van der Waals surface area (Å²) in [6.07, 6.45) is 0. The molecule has 3 atom stereocenters.